The lowest BCUT2D eigenvalue weighted by molar-refractivity contribution is 0.0435. The van der Waals surface area contributed by atoms with Crippen LogP contribution >= 0.6 is 0 Å². The van der Waals surface area contributed by atoms with Gasteiger partial charge in [-0.3, -0.25) is 0 Å². The second kappa shape index (κ2) is 24.9. The molecule has 1 saturated heterocycles. The molecule has 0 amide bonds. The summed E-state index contributed by atoms with van der Waals surface area (Å²) in [5.41, 5.74) is 5.16. The van der Waals surface area contributed by atoms with Crippen LogP contribution < -0.4 is 28.9 Å². The maximum absolute atomic E-state index is 10.1. The zero-order valence-electron chi connectivity index (χ0n) is 38.9. The van der Waals surface area contributed by atoms with Crippen molar-refractivity contribution in [3.05, 3.63) is 99.8 Å². The van der Waals surface area contributed by atoms with Crippen molar-refractivity contribution >= 4 is 23.1 Å². The molecule has 7 rings (SSSR count). The zero-order chi connectivity index (χ0) is 46.7. The molecular weight excluding hydrogens is 841 g/mol. The second-order valence-electron chi connectivity index (χ2n) is 16.4. The first-order valence-electron chi connectivity index (χ1n) is 22.5. The fourth-order valence-corrected chi connectivity index (χ4v) is 7.84. The van der Waals surface area contributed by atoms with E-state index in [1.807, 2.05) is 36.4 Å². The molecule has 0 N–H and O–H groups in total. The fourth-order valence-electron chi connectivity index (χ4n) is 7.84. The maximum atomic E-state index is 10.1. The van der Waals surface area contributed by atoms with Gasteiger partial charge in [0.15, 0.2) is 11.3 Å². The van der Waals surface area contributed by atoms with Crippen molar-refractivity contribution in [3.63, 3.8) is 0 Å². The van der Waals surface area contributed by atoms with Crippen LogP contribution in [-0.4, -0.2) is 131 Å². The maximum Gasteiger partial charge on any atom is 0.172 e. The first-order chi connectivity index (χ1) is 32.1. The van der Waals surface area contributed by atoms with Gasteiger partial charge in [-0.1, -0.05) is 30.4 Å². The van der Waals surface area contributed by atoms with E-state index in [9.17, 15) is 15.8 Å². The third kappa shape index (κ3) is 13.4. The molecule has 0 aliphatic carbocycles. The molecule has 0 aromatic heterocycles. The summed E-state index contributed by atoms with van der Waals surface area (Å²) in [5, 5.41) is 29.2. The van der Waals surface area contributed by atoms with Gasteiger partial charge in [0.2, 0.25) is 0 Å². The summed E-state index contributed by atoms with van der Waals surface area (Å²) in [6.45, 7) is 16.5. The summed E-state index contributed by atoms with van der Waals surface area (Å²) in [6.07, 6.45) is 3.66. The van der Waals surface area contributed by atoms with Crippen LogP contribution in [0.1, 0.15) is 30.5 Å². The number of hydrogen-bond acceptors (Lipinski definition) is 15. The van der Waals surface area contributed by atoms with E-state index in [0.717, 1.165) is 45.3 Å². The Morgan fingerprint density at radius 1 is 0.621 bits per heavy atom. The van der Waals surface area contributed by atoms with Gasteiger partial charge in [0.05, 0.1) is 89.6 Å². The van der Waals surface area contributed by atoms with Crippen molar-refractivity contribution in [2.75, 3.05) is 140 Å². The topological polar surface area (TPSA) is 164 Å². The van der Waals surface area contributed by atoms with Crippen molar-refractivity contribution in [2.24, 2.45) is 0 Å². The van der Waals surface area contributed by atoms with E-state index < -0.39 is 5.60 Å². The number of ether oxygens (including phenoxy) is 9. The molecule has 3 aromatic carbocycles. The molecule has 0 unspecified atom stereocenters. The van der Waals surface area contributed by atoms with Gasteiger partial charge in [-0.25, -0.2) is 0 Å². The highest BCUT2D eigenvalue weighted by Crippen LogP contribution is 2.41. The molecule has 15 heteroatoms. The van der Waals surface area contributed by atoms with E-state index in [1.165, 1.54) is 0 Å². The van der Waals surface area contributed by atoms with E-state index in [1.54, 1.807) is 27.0 Å². The Bertz CT molecular complexity index is 2210. The molecule has 4 aliphatic rings. The lowest BCUT2D eigenvalue weighted by atomic mass is 9.94. The van der Waals surface area contributed by atoms with Crippen molar-refractivity contribution in [1.29, 1.82) is 15.8 Å². The molecule has 1 fully saturated rings. The number of nitrogens with zero attached hydrogens (tertiary/aromatic N) is 6. The number of hydrogen-bond donors (Lipinski definition) is 0. The standard InChI is InChI=1S/C51H62N6O9/c1-38-6-11-44-47(32-38)63-24-18-57(46-13-9-40(34-49(46)65-31-26-58-5)8-10-43-42(37-54)50(41(35-52)36-53)66-51(43,3)4)19-25-64-48-33-39(2)7-12-45(48)56-16-22-61-29-27-59-20-14-55(44)15-21-60-28-30-62-23-17-56/h6-13,32-34H,14-31H2,1-5H3/b10-8+. The Morgan fingerprint density at radius 3 is 1.59 bits per heavy atom. The summed E-state index contributed by atoms with van der Waals surface area (Å²) in [5.74, 6) is 2.12. The molecule has 4 aliphatic heterocycles. The van der Waals surface area contributed by atoms with Gasteiger partial charge in [0.1, 0.15) is 66.5 Å². The van der Waals surface area contributed by atoms with Gasteiger partial charge in [-0.05, 0) is 80.8 Å². The minimum atomic E-state index is -0.959. The average molecular weight is 903 g/mol. The lowest BCUT2D eigenvalue weighted by Gasteiger charge is -2.30. The Labute approximate surface area is 389 Å². The van der Waals surface area contributed by atoms with Gasteiger partial charge >= 0.3 is 0 Å². The van der Waals surface area contributed by atoms with Crippen molar-refractivity contribution < 1.29 is 42.6 Å². The molecular formula is C51H62N6O9. The summed E-state index contributed by atoms with van der Waals surface area (Å²) in [4.78, 5) is 6.70. The minimum Gasteiger partial charge on any atom is -0.490 e. The largest absolute Gasteiger partial charge is 0.490 e. The molecule has 0 spiro atoms. The number of anilines is 3. The Balaban J connectivity index is 1.38. The number of methoxy groups -OCH3 is 1. The van der Waals surface area contributed by atoms with Crippen LogP contribution in [-0.2, 0) is 28.4 Å². The van der Waals surface area contributed by atoms with Crippen molar-refractivity contribution in [3.8, 4) is 35.5 Å². The van der Waals surface area contributed by atoms with Gasteiger partial charge in [0.25, 0.3) is 0 Å². The van der Waals surface area contributed by atoms with Crippen molar-refractivity contribution in [2.45, 2.75) is 33.3 Å². The minimum absolute atomic E-state index is 0.0116. The molecule has 0 saturated carbocycles. The molecule has 0 atom stereocenters. The van der Waals surface area contributed by atoms with Crippen LogP contribution in [0.25, 0.3) is 6.08 Å². The summed E-state index contributed by atoms with van der Waals surface area (Å²) in [6, 6.07) is 24.3. The zero-order valence-corrected chi connectivity index (χ0v) is 38.9. The Morgan fingerprint density at radius 2 is 1.11 bits per heavy atom. The van der Waals surface area contributed by atoms with E-state index in [-0.39, 0.29) is 16.9 Å². The Kier molecular flexibility index (Phi) is 18.5. The third-order valence-electron chi connectivity index (χ3n) is 11.3. The van der Waals surface area contributed by atoms with Crippen LogP contribution in [0, 0.1) is 47.8 Å². The van der Waals surface area contributed by atoms with Crippen LogP contribution in [0.15, 0.2) is 83.2 Å². The van der Waals surface area contributed by atoms with Gasteiger partial charge < -0.3 is 57.3 Å². The Hall–Kier alpha value is -6.25. The second-order valence-corrected chi connectivity index (χ2v) is 16.4. The smallest absolute Gasteiger partial charge is 0.172 e. The van der Waals surface area contributed by atoms with E-state index >= 15 is 0 Å². The molecule has 15 nitrogen and oxygen atoms in total. The van der Waals surface area contributed by atoms with Crippen LogP contribution in [0.5, 0.6) is 17.2 Å². The number of aryl methyl sites for hydroxylation is 2. The average Bonchev–Trinajstić information content (AvgIpc) is 3.56. The highest BCUT2D eigenvalue weighted by molar-refractivity contribution is 5.68. The SMILES string of the molecule is COCCOc1cc(/C=C/C2=C(C#N)C(=C(C#N)C#N)OC2(C)C)ccc1N1CCOc2cc(C)ccc2N2CCOCCOCCN(CCOCCOCC2)c2ccc(C)cc2OCC1. The highest BCUT2D eigenvalue weighted by Gasteiger charge is 2.38. The van der Waals surface area contributed by atoms with Crippen LogP contribution in [0.2, 0.25) is 0 Å². The van der Waals surface area contributed by atoms with E-state index in [0.29, 0.717) is 130 Å². The monoisotopic (exact) mass is 902 g/mol. The first kappa shape index (κ1) is 49.2. The molecule has 66 heavy (non-hydrogen) atoms. The van der Waals surface area contributed by atoms with Gasteiger partial charge in [-0.15, -0.1) is 0 Å². The van der Waals surface area contributed by atoms with Crippen molar-refractivity contribution in [1.82, 2.24) is 0 Å². The summed E-state index contributed by atoms with van der Waals surface area (Å²) >= 11 is 0. The molecule has 2 bridgehead atoms. The number of benzene rings is 3. The molecule has 3 aromatic rings. The van der Waals surface area contributed by atoms with Gasteiger partial charge in [-0.2, -0.15) is 15.8 Å². The first-order valence-corrected chi connectivity index (χ1v) is 22.5. The number of nitriles is 3. The third-order valence-corrected chi connectivity index (χ3v) is 11.3. The van der Waals surface area contributed by atoms with Crippen LogP contribution in [0.3, 0.4) is 0 Å². The summed E-state index contributed by atoms with van der Waals surface area (Å²) < 4.78 is 55.6. The van der Waals surface area contributed by atoms with E-state index in [2.05, 4.69) is 71.0 Å². The number of fused-ring (bicyclic) bond motifs is 20. The predicted octanol–water partition coefficient (Wildman–Crippen LogP) is 6.94. The van der Waals surface area contributed by atoms with Gasteiger partial charge in [0, 0.05) is 38.9 Å². The molecule has 0 radical (unpaired) electrons. The predicted molar refractivity (Wildman–Crippen MR) is 252 cm³/mol. The fraction of sp³-hybridized carbons (Fsp3) is 0.471. The lowest BCUT2D eigenvalue weighted by Crippen LogP contribution is -2.34. The van der Waals surface area contributed by atoms with E-state index in [4.69, 9.17) is 42.6 Å². The highest BCUT2D eigenvalue weighted by atomic mass is 16.5. The number of allylic oxidation sites excluding steroid dienone is 2. The normalized spacial score (nSPS) is 18.2. The molecule has 4 heterocycles. The quantitative estimate of drug-likeness (QED) is 0.136. The summed E-state index contributed by atoms with van der Waals surface area (Å²) in [7, 11) is 1.63. The van der Waals surface area contributed by atoms with Crippen LogP contribution in [0.4, 0.5) is 17.1 Å². The molecule has 350 valence electrons. The number of rotatable bonds is 7.